The fraction of sp³-hybridized carbons (Fsp3) is 0.667. The number of hydrogen-bond acceptors (Lipinski definition) is 6. The zero-order valence-corrected chi connectivity index (χ0v) is 18.9. The van der Waals surface area contributed by atoms with Crippen molar-refractivity contribution in [2.24, 2.45) is 0 Å². The van der Waals surface area contributed by atoms with E-state index < -0.39 is 11.7 Å². The van der Waals surface area contributed by atoms with Gasteiger partial charge in [-0.25, -0.2) is 4.79 Å². The Labute approximate surface area is 180 Å². The van der Waals surface area contributed by atoms with Crippen LogP contribution in [0.3, 0.4) is 0 Å². The Bertz CT molecular complexity index is 564. The summed E-state index contributed by atoms with van der Waals surface area (Å²) in [4.78, 5) is 13.6. The minimum Gasteiger partial charge on any atom is -0.444 e. The Kier molecular flexibility index (Phi) is 12.7. The highest BCUT2D eigenvalue weighted by atomic mass is 35.5. The predicted octanol–water partition coefficient (Wildman–Crippen LogP) is 3.01. The number of amides is 1. The lowest BCUT2D eigenvalue weighted by atomic mass is 10.2. The molecule has 0 saturated heterocycles. The first-order valence-corrected chi connectivity index (χ1v) is 10.5. The number of nitrogens with zero attached hydrogens (tertiary/aromatic N) is 1. The number of nitrogens with one attached hydrogen (secondary N) is 2. The van der Waals surface area contributed by atoms with Crippen LogP contribution in [0.5, 0.6) is 0 Å². The lowest BCUT2D eigenvalue weighted by Crippen LogP contribution is -2.34. The maximum atomic E-state index is 11.4. The van der Waals surface area contributed by atoms with Crippen LogP contribution in [0.2, 0.25) is 0 Å². The van der Waals surface area contributed by atoms with Gasteiger partial charge in [0.1, 0.15) is 5.60 Å². The van der Waals surface area contributed by atoms with Gasteiger partial charge in [0.25, 0.3) is 0 Å². The minimum absolute atomic E-state index is 0.414. The molecule has 0 radical (unpaired) electrons. The summed E-state index contributed by atoms with van der Waals surface area (Å²) in [6.45, 7) is 10.4. The largest absolute Gasteiger partial charge is 0.444 e. The molecule has 0 fully saturated rings. The van der Waals surface area contributed by atoms with Crippen LogP contribution < -0.4 is 15.5 Å². The molecule has 1 rings (SSSR count). The van der Waals surface area contributed by atoms with Crippen molar-refractivity contribution in [1.29, 1.82) is 0 Å². The van der Waals surface area contributed by atoms with E-state index in [1.807, 2.05) is 27.8 Å². The molecule has 1 aromatic carbocycles. The van der Waals surface area contributed by atoms with Crippen LogP contribution in [-0.2, 0) is 20.8 Å². The minimum atomic E-state index is -0.489. The summed E-state index contributed by atoms with van der Waals surface area (Å²) in [6.07, 6.45) is -0.430. The zero-order valence-electron chi connectivity index (χ0n) is 18.1. The van der Waals surface area contributed by atoms with Gasteiger partial charge in [-0.3, -0.25) is 0 Å². The molecule has 0 aliphatic rings. The molecule has 0 spiro atoms. The van der Waals surface area contributed by atoms with E-state index in [2.05, 4.69) is 39.8 Å². The molecular weight excluding hydrogens is 394 g/mol. The Morgan fingerprint density at radius 3 is 2.24 bits per heavy atom. The van der Waals surface area contributed by atoms with Gasteiger partial charge in [0.05, 0.1) is 26.4 Å². The van der Waals surface area contributed by atoms with Gasteiger partial charge in [-0.1, -0.05) is 12.1 Å². The molecule has 7 nitrogen and oxygen atoms in total. The second-order valence-electron chi connectivity index (χ2n) is 7.61. The first kappa shape index (κ1) is 25.5. The highest BCUT2D eigenvalue weighted by molar-refractivity contribution is 6.18. The molecule has 1 aromatic rings. The number of rotatable bonds is 14. The quantitative estimate of drug-likeness (QED) is 0.350. The summed E-state index contributed by atoms with van der Waals surface area (Å²) in [5, 5.41) is 6.00. The molecule has 0 aliphatic carbocycles. The number of halogens is 1. The molecule has 0 bridgehead atoms. The second-order valence-corrected chi connectivity index (χ2v) is 7.99. The molecule has 1 amide bonds. The number of carbonyl (C=O) groups excluding carboxylic acids is 1. The highest BCUT2D eigenvalue weighted by Gasteiger charge is 2.15. The standard InChI is InChI=1S/C21H36ClN3O4/c1-21(2,3)29-20(26)24-11-14-28-16-15-27-13-10-23-17-18-5-7-19(8-6-18)25(4)12-9-22/h5-8,23H,9-17H2,1-4H3,(H,24,26). The Morgan fingerprint density at radius 1 is 1.03 bits per heavy atom. The van der Waals surface area contributed by atoms with Crippen molar-refractivity contribution in [2.45, 2.75) is 32.9 Å². The smallest absolute Gasteiger partial charge is 0.407 e. The van der Waals surface area contributed by atoms with Gasteiger partial charge in [0, 0.05) is 44.8 Å². The van der Waals surface area contributed by atoms with Gasteiger partial charge in [-0.2, -0.15) is 0 Å². The number of benzene rings is 1. The molecule has 0 unspecified atom stereocenters. The fourth-order valence-corrected chi connectivity index (χ4v) is 2.62. The van der Waals surface area contributed by atoms with Crippen LogP contribution in [0.4, 0.5) is 10.5 Å². The lowest BCUT2D eigenvalue weighted by Gasteiger charge is -2.19. The predicted molar refractivity (Wildman–Crippen MR) is 118 cm³/mol. The second kappa shape index (κ2) is 14.4. The molecule has 0 aromatic heterocycles. The monoisotopic (exact) mass is 429 g/mol. The third kappa shape index (κ3) is 13.3. The highest BCUT2D eigenvalue weighted by Crippen LogP contribution is 2.13. The Hall–Kier alpha value is -1.54. The van der Waals surface area contributed by atoms with E-state index in [4.69, 9.17) is 25.8 Å². The van der Waals surface area contributed by atoms with E-state index in [0.717, 1.165) is 19.6 Å². The van der Waals surface area contributed by atoms with Crippen LogP contribution in [0.25, 0.3) is 0 Å². The van der Waals surface area contributed by atoms with Crippen molar-refractivity contribution in [1.82, 2.24) is 10.6 Å². The Morgan fingerprint density at radius 2 is 1.66 bits per heavy atom. The number of carbonyl (C=O) groups is 1. The third-order valence-electron chi connectivity index (χ3n) is 3.84. The molecule has 0 atom stereocenters. The maximum absolute atomic E-state index is 11.4. The van der Waals surface area contributed by atoms with Gasteiger partial charge in [-0.15, -0.1) is 11.6 Å². The van der Waals surface area contributed by atoms with E-state index in [-0.39, 0.29) is 0 Å². The third-order valence-corrected chi connectivity index (χ3v) is 4.00. The van der Waals surface area contributed by atoms with E-state index in [0.29, 0.717) is 38.9 Å². The molecule has 8 heteroatoms. The van der Waals surface area contributed by atoms with Gasteiger partial charge >= 0.3 is 6.09 Å². The topological polar surface area (TPSA) is 72.1 Å². The van der Waals surface area contributed by atoms with Crippen LogP contribution in [0.1, 0.15) is 26.3 Å². The summed E-state index contributed by atoms with van der Waals surface area (Å²) in [7, 11) is 2.04. The van der Waals surface area contributed by atoms with Crippen molar-refractivity contribution in [2.75, 3.05) is 63.9 Å². The van der Waals surface area contributed by atoms with Crippen molar-refractivity contribution in [3.05, 3.63) is 29.8 Å². The van der Waals surface area contributed by atoms with E-state index in [1.54, 1.807) is 0 Å². The van der Waals surface area contributed by atoms with Crippen LogP contribution in [0, 0.1) is 0 Å². The van der Waals surface area contributed by atoms with Crippen LogP contribution >= 0.6 is 11.6 Å². The van der Waals surface area contributed by atoms with Crippen LogP contribution in [0.15, 0.2) is 24.3 Å². The Balaban J connectivity index is 1.95. The van der Waals surface area contributed by atoms with E-state index >= 15 is 0 Å². The molecule has 0 saturated carbocycles. The van der Waals surface area contributed by atoms with Crippen LogP contribution in [-0.4, -0.2) is 70.7 Å². The number of alkyl halides is 1. The number of hydrogen-bond donors (Lipinski definition) is 2. The van der Waals surface area contributed by atoms with E-state index in [1.165, 1.54) is 11.3 Å². The number of anilines is 1. The fourth-order valence-electron chi connectivity index (χ4n) is 2.36. The maximum Gasteiger partial charge on any atom is 0.407 e. The summed E-state index contributed by atoms with van der Waals surface area (Å²) >= 11 is 5.77. The van der Waals surface area contributed by atoms with Crippen molar-refractivity contribution < 1.29 is 19.0 Å². The van der Waals surface area contributed by atoms with Gasteiger partial charge in [0.2, 0.25) is 0 Å². The summed E-state index contributed by atoms with van der Waals surface area (Å²) in [5.74, 6) is 0.619. The molecule has 29 heavy (non-hydrogen) atoms. The molecule has 2 N–H and O–H groups in total. The SMILES string of the molecule is CN(CCCl)c1ccc(CNCCOCCOCCNC(=O)OC(C)(C)C)cc1. The zero-order chi connectivity index (χ0) is 21.5. The van der Waals surface area contributed by atoms with Gasteiger partial charge in [0.15, 0.2) is 0 Å². The van der Waals surface area contributed by atoms with Gasteiger partial charge in [-0.05, 0) is 38.5 Å². The number of alkyl carbamates (subject to hydrolysis) is 1. The first-order chi connectivity index (χ1) is 13.8. The van der Waals surface area contributed by atoms with Gasteiger partial charge < -0.3 is 29.7 Å². The number of ether oxygens (including phenoxy) is 3. The first-order valence-electron chi connectivity index (χ1n) is 10.0. The van der Waals surface area contributed by atoms with E-state index in [9.17, 15) is 4.79 Å². The summed E-state index contributed by atoms with van der Waals surface area (Å²) in [5.41, 5.74) is 1.91. The molecular formula is C21H36ClN3O4. The lowest BCUT2D eigenvalue weighted by molar-refractivity contribution is 0.0403. The normalized spacial score (nSPS) is 11.3. The molecule has 0 aliphatic heterocycles. The average molecular weight is 430 g/mol. The summed E-state index contributed by atoms with van der Waals surface area (Å²) in [6, 6.07) is 8.45. The average Bonchev–Trinajstić information content (AvgIpc) is 2.65. The van der Waals surface area contributed by atoms with Crippen molar-refractivity contribution in [3.8, 4) is 0 Å². The molecule has 0 heterocycles. The summed E-state index contributed by atoms with van der Waals surface area (Å²) < 4.78 is 16.1. The molecule has 166 valence electrons. The van der Waals surface area contributed by atoms with Crippen molar-refractivity contribution in [3.63, 3.8) is 0 Å². The van der Waals surface area contributed by atoms with Crippen molar-refractivity contribution >= 4 is 23.4 Å².